The lowest BCUT2D eigenvalue weighted by atomic mass is 10.2. The van der Waals surface area contributed by atoms with Crippen LogP contribution in [0.5, 0.6) is 0 Å². The second-order valence-electron chi connectivity index (χ2n) is 5.01. The van der Waals surface area contributed by atoms with Crippen molar-refractivity contribution in [3.05, 3.63) is 54.2 Å². The molecule has 8 heteroatoms. The van der Waals surface area contributed by atoms with Gasteiger partial charge in [-0.3, -0.25) is 9.20 Å². The molecule has 0 radical (unpaired) electrons. The Kier molecular flexibility index (Phi) is 5.30. The van der Waals surface area contributed by atoms with Gasteiger partial charge in [0.05, 0.1) is 23.6 Å². The van der Waals surface area contributed by atoms with Gasteiger partial charge in [-0.2, -0.15) is 0 Å². The van der Waals surface area contributed by atoms with E-state index in [2.05, 4.69) is 15.5 Å². The summed E-state index contributed by atoms with van der Waals surface area (Å²) < 4.78 is 6.81. The molecular weight excluding hydrogens is 340 g/mol. The highest BCUT2D eigenvalue weighted by molar-refractivity contribution is 7.99. The van der Waals surface area contributed by atoms with Crippen LogP contribution >= 0.6 is 11.8 Å². The number of hydrogen-bond donors (Lipinski definition) is 1. The van der Waals surface area contributed by atoms with E-state index in [9.17, 15) is 9.59 Å². The van der Waals surface area contributed by atoms with Gasteiger partial charge in [0, 0.05) is 6.20 Å². The molecule has 3 rings (SSSR count). The molecule has 0 aliphatic heterocycles. The molecule has 128 valence electrons. The highest BCUT2D eigenvalue weighted by Crippen LogP contribution is 2.19. The SMILES string of the molecule is CCOC(=O)c1ccccc1NC(=O)CSc1nnc2ccccn12. The number of rotatable bonds is 6. The summed E-state index contributed by atoms with van der Waals surface area (Å²) in [5, 5.41) is 11.5. The number of para-hydroxylation sites is 1. The standard InChI is InChI=1S/C17H16N4O3S/c1-2-24-16(23)12-7-3-4-8-13(12)18-15(22)11-25-17-20-19-14-9-5-6-10-21(14)17/h3-10H,2,11H2,1H3,(H,18,22). The molecule has 2 aromatic heterocycles. The number of anilines is 1. The van der Waals surface area contributed by atoms with Crippen molar-refractivity contribution in [1.29, 1.82) is 0 Å². The molecule has 0 aliphatic rings. The molecule has 1 amide bonds. The van der Waals surface area contributed by atoms with Crippen LogP contribution in [0, 0.1) is 0 Å². The zero-order chi connectivity index (χ0) is 17.6. The zero-order valence-corrected chi connectivity index (χ0v) is 14.3. The first-order chi connectivity index (χ1) is 12.2. The fraction of sp³-hybridized carbons (Fsp3) is 0.176. The average Bonchev–Trinajstić information content (AvgIpc) is 3.04. The van der Waals surface area contributed by atoms with Gasteiger partial charge in [-0.15, -0.1) is 10.2 Å². The molecule has 0 saturated carbocycles. The summed E-state index contributed by atoms with van der Waals surface area (Å²) >= 11 is 1.27. The number of benzene rings is 1. The molecule has 0 unspecified atom stereocenters. The van der Waals surface area contributed by atoms with Gasteiger partial charge in [0.25, 0.3) is 0 Å². The van der Waals surface area contributed by atoms with Crippen molar-refractivity contribution >= 4 is 35.0 Å². The maximum Gasteiger partial charge on any atom is 0.340 e. The van der Waals surface area contributed by atoms with E-state index in [-0.39, 0.29) is 18.3 Å². The second-order valence-corrected chi connectivity index (χ2v) is 5.96. The van der Waals surface area contributed by atoms with Gasteiger partial charge in [0.2, 0.25) is 5.91 Å². The van der Waals surface area contributed by atoms with E-state index in [4.69, 9.17) is 4.74 Å². The number of ether oxygens (including phenoxy) is 1. The van der Waals surface area contributed by atoms with E-state index in [1.165, 1.54) is 11.8 Å². The average molecular weight is 356 g/mol. The Balaban J connectivity index is 1.66. The van der Waals surface area contributed by atoms with Crippen LogP contribution in [0.3, 0.4) is 0 Å². The third-order valence-electron chi connectivity index (χ3n) is 3.31. The van der Waals surface area contributed by atoms with Crippen molar-refractivity contribution in [3.8, 4) is 0 Å². The summed E-state index contributed by atoms with van der Waals surface area (Å²) in [6.07, 6.45) is 1.84. The zero-order valence-electron chi connectivity index (χ0n) is 13.5. The van der Waals surface area contributed by atoms with Crippen LogP contribution in [0.2, 0.25) is 0 Å². The molecule has 0 spiro atoms. The Morgan fingerprint density at radius 3 is 2.80 bits per heavy atom. The van der Waals surface area contributed by atoms with Crippen molar-refractivity contribution in [2.75, 3.05) is 17.7 Å². The maximum absolute atomic E-state index is 12.2. The predicted octanol–water partition coefficient (Wildman–Crippen LogP) is 2.64. The number of aromatic nitrogens is 3. The Bertz CT molecular complexity index is 910. The number of nitrogens with zero attached hydrogens (tertiary/aromatic N) is 3. The summed E-state index contributed by atoms with van der Waals surface area (Å²) in [7, 11) is 0. The molecule has 7 nitrogen and oxygen atoms in total. The summed E-state index contributed by atoms with van der Waals surface area (Å²) in [4.78, 5) is 24.2. The number of carbonyl (C=O) groups is 2. The van der Waals surface area contributed by atoms with Crippen LogP contribution in [-0.4, -0.2) is 38.8 Å². The predicted molar refractivity (Wildman–Crippen MR) is 94.7 cm³/mol. The number of hydrogen-bond acceptors (Lipinski definition) is 6. The lowest BCUT2D eigenvalue weighted by molar-refractivity contribution is -0.113. The van der Waals surface area contributed by atoms with Crippen LogP contribution in [0.1, 0.15) is 17.3 Å². The molecule has 0 bridgehead atoms. The molecule has 0 saturated heterocycles. The van der Waals surface area contributed by atoms with Crippen molar-refractivity contribution in [2.24, 2.45) is 0 Å². The summed E-state index contributed by atoms with van der Waals surface area (Å²) in [5.41, 5.74) is 1.48. The number of thioether (sulfide) groups is 1. The monoisotopic (exact) mass is 356 g/mol. The van der Waals surface area contributed by atoms with Crippen LogP contribution in [0.4, 0.5) is 5.69 Å². The number of fused-ring (bicyclic) bond motifs is 1. The third-order valence-corrected chi connectivity index (χ3v) is 4.25. The lowest BCUT2D eigenvalue weighted by Crippen LogP contribution is -2.17. The highest BCUT2D eigenvalue weighted by atomic mass is 32.2. The van der Waals surface area contributed by atoms with Crippen LogP contribution in [-0.2, 0) is 9.53 Å². The van der Waals surface area contributed by atoms with Crippen molar-refractivity contribution in [1.82, 2.24) is 14.6 Å². The van der Waals surface area contributed by atoms with E-state index in [1.54, 1.807) is 31.2 Å². The van der Waals surface area contributed by atoms with Gasteiger partial charge in [-0.25, -0.2) is 4.79 Å². The number of carbonyl (C=O) groups excluding carboxylic acids is 2. The van der Waals surface area contributed by atoms with E-state index < -0.39 is 5.97 Å². The number of pyridine rings is 1. The van der Waals surface area contributed by atoms with Crippen LogP contribution < -0.4 is 5.32 Å². The second kappa shape index (κ2) is 7.80. The summed E-state index contributed by atoms with van der Waals surface area (Å²) in [5.74, 6) is -0.559. The molecule has 0 atom stereocenters. The van der Waals surface area contributed by atoms with Gasteiger partial charge in [-0.1, -0.05) is 30.0 Å². The van der Waals surface area contributed by atoms with Crippen molar-refractivity contribution in [3.63, 3.8) is 0 Å². The van der Waals surface area contributed by atoms with Crippen molar-refractivity contribution < 1.29 is 14.3 Å². The summed E-state index contributed by atoms with van der Waals surface area (Å²) in [6.45, 7) is 2.01. The minimum Gasteiger partial charge on any atom is -0.462 e. The van der Waals surface area contributed by atoms with Gasteiger partial charge in [0.15, 0.2) is 10.8 Å². The molecule has 25 heavy (non-hydrogen) atoms. The van der Waals surface area contributed by atoms with E-state index in [0.717, 1.165) is 5.65 Å². The number of nitrogens with one attached hydrogen (secondary N) is 1. The van der Waals surface area contributed by atoms with Crippen LogP contribution in [0.15, 0.2) is 53.8 Å². The van der Waals surface area contributed by atoms with Crippen molar-refractivity contribution in [2.45, 2.75) is 12.1 Å². The smallest absolute Gasteiger partial charge is 0.340 e. The van der Waals surface area contributed by atoms with E-state index in [1.807, 2.05) is 28.8 Å². The summed E-state index contributed by atoms with van der Waals surface area (Å²) in [6, 6.07) is 12.3. The molecule has 2 heterocycles. The first-order valence-electron chi connectivity index (χ1n) is 7.67. The Hall–Kier alpha value is -2.87. The van der Waals surface area contributed by atoms with E-state index in [0.29, 0.717) is 16.4 Å². The largest absolute Gasteiger partial charge is 0.462 e. The van der Waals surface area contributed by atoms with Gasteiger partial charge >= 0.3 is 5.97 Å². The minimum absolute atomic E-state index is 0.146. The van der Waals surface area contributed by atoms with E-state index >= 15 is 0 Å². The molecule has 1 N–H and O–H groups in total. The van der Waals surface area contributed by atoms with Gasteiger partial charge in [-0.05, 0) is 31.2 Å². The van der Waals surface area contributed by atoms with Gasteiger partial charge < -0.3 is 10.1 Å². The topological polar surface area (TPSA) is 85.6 Å². The number of esters is 1. The molecular formula is C17H16N4O3S. The molecule has 0 fully saturated rings. The quantitative estimate of drug-likeness (QED) is 0.540. The van der Waals surface area contributed by atoms with Crippen LogP contribution in [0.25, 0.3) is 5.65 Å². The Morgan fingerprint density at radius 1 is 1.16 bits per heavy atom. The minimum atomic E-state index is -0.463. The molecule has 0 aliphatic carbocycles. The first-order valence-corrected chi connectivity index (χ1v) is 8.66. The fourth-order valence-electron chi connectivity index (χ4n) is 2.21. The molecule has 1 aromatic carbocycles. The normalized spacial score (nSPS) is 10.6. The Morgan fingerprint density at radius 2 is 1.96 bits per heavy atom. The lowest BCUT2D eigenvalue weighted by Gasteiger charge is -2.10. The molecule has 3 aromatic rings. The Labute approximate surface area is 148 Å². The number of amides is 1. The maximum atomic E-state index is 12.2. The fourth-order valence-corrected chi connectivity index (χ4v) is 2.94. The van der Waals surface area contributed by atoms with Gasteiger partial charge in [0.1, 0.15) is 0 Å². The third kappa shape index (κ3) is 3.97. The highest BCUT2D eigenvalue weighted by Gasteiger charge is 2.15. The first kappa shape index (κ1) is 17.0.